The van der Waals surface area contributed by atoms with Crippen molar-refractivity contribution >= 4 is 17.9 Å². The first-order valence-electron chi connectivity index (χ1n) is 27.1. The van der Waals surface area contributed by atoms with Gasteiger partial charge in [0.15, 0.2) is 6.10 Å². The molecular weight excluding hydrogens is 829 g/mol. The van der Waals surface area contributed by atoms with E-state index in [9.17, 15) is 14.4 Å². The van der Waals surface area contributed by atoms with Gasteiger partial charge in [0.1, 0.15) is 13.2 Å². The van der Waals surface area contributed by atoms with E-state index >= 15 is 0 Å². The standard InChI is InChI=1S/C61H98O6/c1-4-7-10-13-16-19-22-25-28-29-30-31-34-36-39-42-45-48-51-54-60(63)66-57-58(67-61(64)55-52-49-46-43-40-37-33-27-24-21-18-15-12-9-6-3)56-65-59(62)53-50-47-44-41-38-35-32-26-23-20-17-14-11-8-5-2/h7,9-10,12,15-16,18-19,21,24-25,27-28,30-31,33,36-37,39-40,58H,4-6,8,11,13-14,17,20,22-23,26,29,32,34-35,38,41-57H2,1-3H3/b10-7-,12-9-,18-15-,19-16-,24-21-,28-25-,31-30-,33-27-,39-36-,40-37-. The maximum atomic E-state index is 12.8. The smallest absolute Gasteiger partial charge is 0.306 e. The Balaban J connectivity index is 4.52. The molecular formula is C61H98O6. The van der Waals surface area contributed by atoms with Crippen LogP contribution in [0.2, 0.25) is 0 Å². The molecule has 6 nitrogen and oxygen atoms in total. The molecule has 0 heterocycles. The van der Waals surface area contributed by atoms with E-state index in [2.05, 4.69) is 93.7 Å². The molecule has 0 radical (unpaired) electrons. The first-order chi connectivity index (χ1) is 33.0. The zero-order valence-electron chi connectivity index (χ0n) is 43.1. The van der Waals surface area contributed by atoms with E-state index in [-0.39, 0.29) is 37.5 Å². The van der Waals surface area contributed by atoms with Crippen LogP contribution in [0.15, 0.2) is 122 Å². The van der Waals surface area contributed by atoms with E-state index in [0.717, 1.165) is 103 Å². The Morgan fingerprint density at radius 3 is 1.09 bits per heavy atom. The predicted octanol–water partition coefficient (Wildman–Crippen LogP) is 18.1. The van der Waals surface area contributed by atoms with Crippen molar-refractivity contribution in [2.75, 3.05) is 13.2 Å². The molecule has 378 valence electrons. The SMILES string of the molecule is CC\C=C/C=C\C=C/C=C\C=C/CCCCCC(=O)OC(COC(=O)CCCCC/C=C\C/C=C\C/C=C\C/C=C\C/C=C\CC)COC(=O)CCCCCCCCCCCCCCCCC. The van der Waals surface area contributed by atoms with Crippen LogP contribution in [0.5, 0.6) is 0 Å². The van der Waals surface area contributed by atoms with E-state index in [0.29, 0.717) is 19.3 Å². The molecule has 6 heteroatoms. The van der Waals surface area contributed by atoms with Crippen LogP contribution in [0, 0.1) is 0 Å². The molecule has 1 atom stereocenters. The molecule has 0 aliphatic rings. The highest BCUT2D eigenvalue weighted by atomic mass is 16.6. The molecule has 0 aliphatic heterocycles. The van der Waals surface area contributed by atoms with Gasteiger partial charge in [0.05, 0.1) is 0 Å². The molecule has 67 heavy (non-hydrogen) atoms. The van der Waals surface area contributed by atoms with Crippen LogP contribution in [0.4, 0.5) is 0 Å². The third-order valence-corrected chi connectivity index (χ3v) is 11.1. The van der Waals surface area contributed by atoms with Crippen molar-refractivity contribution in [3.05, 3.63) is 122 Å². The van der Waals surface area contributed by atoms with E-state index in [1.807, 2.05) is 48.6 Å². The van der Waals surface area contributed by atoms with Crippen molar-refractivity contribution in [2.45, 2.75) is 232 Å². The molecule has 0 fully saturated rings. The summed E-state index contributed by atoms with van der Waals surface area (Å²) in [5.41, 5.74) is 0. The maximum absolute atomic E-state index is 12.8. The number of esters is 3. The van der Waals surface area contributed by atoms with Gasteiger partial charge in [-0.3, -0.25) is 14.4 Å². The van der Waals surface area contributed by atoms with Gasteiger partial charge >= 0.3 is 17.9 Å². The van der Waals surface area contributed by atoms with Crippen LogP contribution in [-0.2, 0) is 28.6 Å². The Bertz CT molecular complexity index is 1440. The van der Waals surface area contributed by atoms with Gasteiger partial charge in [-0.1, -0.05) is 245 Å². The minimum absolute atomic E-state index is 0.108. The number of ether oxygens (including phenoxy) is 3. The summed E-state index contributed by atoms with van der Waals surface area (Å²) in [6.45, 7) is 6.31. The third-order valence-electron chi connectivity index (χ3n) is 11.1. The van der Waals surface area contributed by atoms with Crippen LogP contribution >= 0.6 is 0 Å². The lowest BCUT2D eigenvalue weighted by molar-refractivity contribution is -0.167. The van der Waals surface area contributed by atoms with Crippen molar-refractivity contribution < 1.29 is 28.6 Å². The van der Waals surface area contributed by atoms with Crippen molar-refractivity contribution in [1.29, 1.82) is 0 Å². The molecule has 0 aromatic carbocycles. The number of carbonyl (C=O) groups excluding carboxylic acids is 3. The molecule has 0 aliphatic carbocycles. The first-order valence-corrected chi connectivity index (χ1v) is 27.1. The summed E-state index contributed by atoms with van der Waals surface area (Å²) in [4.78, 5) is 38.1. The monoisotopic (exact) mass is 927 g/mol. The number of hydrogen-bond donors (Lipinski definition) is 0. The van der Waals surface area contributed by atoms with Gasteiger partial charge in [0.25, 0.3) is 0 Å². The summed E-state index contributed by atoms with van der Waals surface area (Å²) in [5.74, 6) is -0.986. The molecule has 0 amide bonds. The topological polar surface area (TPSA) is 78.9 Å². The summed E-state index contributed by atoms with van der Waals surface area (Å²) in [5, 5.41) is 0. The lowest BCUT2D eigenvalue weighted by atomic mass is 10.0. The Morgan fingerprint density at radius 2 is 0.657 bits per heavy atom. The second-order valence-corrected chi connectivity index (χ2v) is 17.5. The Morgan fingerprint density at radius 1 is 0.328 bits per heavy atom. The molecule has 0 aromatic rings. The van der Waals surface area contributed by atoms with E-state index in [1.165, 1.54) is 77.0 Å². The molecule has 0 saturated heterocycles. The van der Waals surface area contributed by atoms with Crippen molar-refractivity contribution in [1.82, 2.24) is 0 Å². The van der Waals surface area contributed by atoms with Gasteiger partial charge in [-0.15, -0.1) is 0 Å². The van der Waals surface area contributed by atoms with Gasteiger partial charge < -0.3 is 14.2 Å². The fourth-order valence-corrected chi connectivity index (χ4v) is 7.08. The Kier molecular flexibility index (Phi) is 51.0. The summed E-state index contributed by atoms with van der Waals surface area (Å²) < 4.78 is 16.8. The van der Waals surface area contributed by atoms with E-state index in [1.54, 1.807) is 0 Å². The zero-order chi connectivity index (χ0) is 48.6. The van der Waals surface area contributed by atoms with Crippen LogP contribution in [-0.4, -0.2) is 37.2 Å². The summed E-state index contributed by atoms with van der Waals surface area (Å²) in [7, 11) is 0. The third kappa shape index (κ3) is 52.6. The molecule has 0 bridgehead atoms. The van der Waals surface area contributed by atoms with Crippen LogP contribution in [0.3, 0.4) is 0 Å². The number of unbranched alkanes of at least 4 members (excludes halogenated alkanes) is 20. The summed E-state index contributed by atoms with van der Waals surface area (Å²) in [6, 6.07) is 0. The normalized spacial score (nSPS) is 13.1. The lowest BCUT2D eigenvalue weighted by Gasteiger charge is -2.18. The molecule has 0 spiro atoms. The van der Waals surface area contributed by atoms with Crippen LogP contribution in [0.25, 0.3) is 0 Å². The van der Waals surface area contributed by atoms with Gasteiger partial charge in [0, 0.05) is 19.3 Å². The first kappa shape index (κ1) is 62.8. The largest absolute Gasteiger partial charge is 0.462 e. The number of hydrogen-bond acceptors (Lipinski definition) is 6. The van der Waals surface area contributed by atoms with Gasteiger partial charge in [-0.2, -0.15) is 0 Å². The predicted molar refractivity (Wildman–Crippen MR) is 288 cm³/mol. The minimum Gasteiger partial charge on any atom is -0.462 e. The minimum atomic E-state index is -0.816. The van der Waals surface area contributed by atoms with Crippen LogP contribution in [0.1, 0.15) is 226 Å². The Labute approximate surface area is 412 Å². The highest BCUT2D eigenvalue weighted by Gasteiger charge is 2.19. The van der Waals surface area contributed by atoms with Gasteiger partial charge in [-0.25, -0.2) is 0 Å². The highest BCUT2D eigenvalue weighted by molar-refractivity contribution is 5.71. The van der Waals surface area contributed by atoms with Crippen molar-refractivity contribution in [3.8, 4) is 0 Å². The van der Waals surface area contributed by atoms with E-state index < -0.39 is 6.10 Å². The Hall–Kier alpha value is -4.19. The maximum Gasteiger partial charge on any atom is 0.306 e. The molecule has 0 aromatic heterocycles. The van der Waals surface area contributed by atoms with Crippen LogP contribution < -0.4 is 0 Å². The lowest BCUT2D eigenvalue weighted by Crippen LogP contribution is -2.30. The number of rotatable bonds is 47. The van der Waals surface area contributed by atoms with Crippen molar-refractivity contribution in [2.24, 2.45) is 0 Å². The average Bonchev–Trinajstić information content (AvgIpc) is 3.33. The zero-order valence-corrected chi connectivity index (χ0v) is 43.1. The van der Waals surface area contributed by atoms with E-state index in [4.69, 9.17) is 14.2 Å². The number of carbonyl (C=O) groups is 3. The van der Waals surface area contributed by atoms with Crippen molar-refractivity contribution in [3.63, 3.8) is 0 Å². The van der Waals surface area contributed by atoms with Gasteiger partial charge in [0.2, 0.25) is 0 Å². The van der Waals surface area contributed by atoms with Gasteiger partial charge in [-0.05, 0) is 83.5 Å². The molecule has 0 N–H and O–H groups in total. The molecule has 1 unspecified atom stereocenters. The summed E-state index contributed by atoms with van der Waals surface area (Å²) in [6.07, 6.45) is 74.7. The molecule has 0 rings (SSSR count). The average molecular weight is 927 g/mol. The highest BCUT2D eigenvalue weighted by Crippen LogP contribution is 2.15. The fourth-order valence-electron chi connectivity index (χ4n) is 7.08. The quantitative estimate of drug-likeness (QED) is 0.0199. The summed E-state index contributed by atoms with van der Waals surface area (Å²) >= 11 is 0. The second kappa shape index (κ2) is 54.4. The molecule has 0 saturated carbocycles. The second-order valence-electron chi connectivity index (χ2n) is 17.5. The number of allylic oxidation sites excluding steroid dienone is 20. The fraction of sp³-hybridized carbons (Fsp3) is 0.623.